The topological polar surface area (TPSA) is 32.3 Å². The average Bonchev–Trinajstić information content (AvgIpc) is 2.07. The Morgan fingerprint density at radius 3 is 2.67 bits per heavy atom. The zero-order valence-electron chi connectivity index (χ0n) is 7.19. The van der Waals surface area contributed by atoms with Gasteiger partial charge in [0.1, 0.15) is 0 Å². The van der Waals surface area contributed by atoms with Crippen LogP contribution in [0.2, 0.25) is 0 Å². The molecule has 0 aliphatic heterocycles. The summed E-state index contributed by atoms with van der Waals surface area (Å²) < 4.78 is 1.12. The van der Waals surface area contributed by atoms with Gasteiger partial charge in [-0.15, -0.1) is 0 Å². The van der Waals surface area contributed by atoms with E-state index in [0.29, 0.717) is 6.54 Å². The van der Waals surface area contributed by atoms with Crippen LogP contribution >= 0.6 is 15.9 Å². The van der Waals surface area contributed by atoms with E-state index in [4.69, 9.17) is 5.21 Å². The SMILES string of the molecule is Cc1ccc(CNO)c(C)c1Br. The van der Waals surface area contributed by atoms with Gasteiger partial charge in [-0.05, 0) is 30.5 Å². The molecule has 2 nitrogen and oxygen atoms in total. The van der Waals surface area contributed by atoms with E-state index in [0.717, 1.165) is 10.0 Å². The van der Waals surface area contributed by atoms with Crippen LogP contribution in [-0.2, 0) is 6.54 Å². The van der Waals surface area contributed by atoms with E-state index in [1.165, 1.54) is 11.1 Å². The Hall–Kier alpha value is -0.380. The van der Waals surface area contributed by atoms with Gasteiger partial charge in [0.25, 0.3) is 0 Å². The molecular formula is C9H12BrNO. The Bertz CT molecular complexity index is 286. The van der Waals surface area contributed by atoms with Crippen molar-refractivity contribution in [3.8, 4) is 0 Å². The van der Waals surface area contributed by atoms with Gasteiger partial charge in [0.05, 0.1) is 0 Å². The molecule has 3 heteroatoms. The lowest BCUT2D eigenvalue weighted by Crippen LogP contribution is -2.07. The zero-order valence-corrected chi connectivity index (χ0v) is 8.77. The lowest BCUT2D eigenvalue weighted by molar-refractivity contribution is 0.161. The molecule has 66 valence electrons. The highest BCUT2D eigenvalue weighted by Gasteiger charge is 2.03. The molecule has 2 N–H and O–H groups in total. The Morgan fingerprint density at radius 1 is 1.42 bits per heavy atom. The lowest BCUT2D eigenvalue weighted by Gasteiger charge is -2.08. The van der Waals surface area contributed by atoms with Crippen molar-refractivity contribution in [2.45, 2.75) is 20.4 Å². The first kappa shape index (κ1) is 9.71. The molecule has 0 amide bonds. The fourth-order valence-electron chi connectivity index (χ4n) is 1.14. The van der Waals surface area contributed by atoms with Crippen molar-refractivity contribution in [1.82, 2.24) is 5.48 Å². The van der Waals surface area contributed by atoms with E-state index in [-0.39, 0.29) is 0 Å². The quantitative estimate of drug-likeness (QED) is 0.765. The maximum absolute atomic E-state index is 8.54. The van der Waals surface area contributed by atoms with Crippen LogP contribution in [0.4, 0.5) is 0 Å². The fraction of sp³-hybridized carbons (Fsp3) is 0.333. The second kappa shape index (κ2) is 4.03. The highest BCUT2D eigenvalue weighted by Crippen LogP contribution is 2.23. The largest absolute Gasteiger partial charge is 0.316 e. The first-order chi connectivity index (χ1) is 5.66. The van der Waals surface area contributed by atoms with Gasteiger partial charge in [-0.1, -0.05) is 28.1 Å². The Balaban J connectivity index is 3.08. The van der Waals surface area contributed by atoms with Crippen molar-refractivity contribution in [2.24, 2.45) is 0 Å². The number of hydroxylamine groups is 1. The summed E-state index contributed by atoms with van der Waals surface area (Å²) in [4.78, 5) is 0. The van der Waals surface area contributed by atoms with Crippen molar-refractivity contribution in [2.75, 3.05) is 0 Å². The first-order valence-corrected chi connectivity index (χ1v) is 4.57. The summed E-state index contributed by atoms with van der Waals surface area (Å²) in [5, 5.41) is 8.54. The minimum atomic E-state index is 0.491. The van der Waals surface area contributed by atoms with E-state index in [1.54, 1.807) is 0 Å². The summed E-state index contributed by atoms with van der Waals surface area (Å²) in [6.45, 7) is 4.57. The summed E-state index contributed by atoms with van der Waals surface area (Å²) in [7, 11) is 0. The number of hydrogen-bond donors (Lipinski definition) is 2. The number of rotatable bonds is 2. The Labute approximate surface area is 80.7 Å². The molecule has 0 aromatic heterocycles. The van der Waals surface area contributed by atoms with E-state index < -0.39 is 0 Å². The van der Waals surface area contributed by atoms with Crippen molar-refractivity contribution in [1.29, 1.82) is 0 Å². The van der Waals surface area contributed by atoms with Gasteiger partial charge in [0, 0.05) is 11.0 Å². The number of halogens is 1. The van der Waals surface area contributed by atoms with Crippen LogP contribution in [0.1, 0.15) is 16.7 Å². The second-order valence-corrected chi connectivity index (χ2v) is 3.61. The zero-order chi connectivity index (χ0) is 9.14. The Kier molecular flexibility index (Phi) is 3.26. The summed E-state index contributed by atoms with van der Waals surface area (Å²) in [6.07, 6.45) is 0. The molecule has 0 unspecified atom stereocenters. The summed E-state index contributed by atoms with van der Waals surface area (Å²) in [6, 6.07) is 4.04. The van der Waals surface area contributed by atoms with E-state index in [9.17, 15) is 0 Å². The van der Waals surface area contributed by atoms with Crippen molar-refractivity contribution in [3.63, 3.8) is 0 Å². The maximum atomic E-state index is 8.54. The molecule has 0 radical (unpaired) electrons. The third kappa shape index (κ3) is 1.86. The lowest BCUT2D eigenvalue weighted by atomic mass is 10.1. The highest BCUT2D eigenvalue weighted by molar-refractivity contribution is 9.10. The number of aryl methyl sites for hydroxylation is 1. The number of benzene rings is 1. The van der Waals surface area contributed by atoms with Gasteiger partial charge in [0.15, 0.2) is 0 Å². The van der Waals surface area contributed by atoms with E-state index >= 15 is 0 Å². The molecule has 1 rings (SSSR count). The predicted molar refractivity (Wildman–Crippen MR) is 52.2 cm³/mol. The molecule has 0 saturated carbocycles. The van der Waals surface area contributed by atoms with Crippen LogP contribution in [0, 0.1) is 13.8 Å². The van der Waals surface area contributed by atoms with Crippen LogP contribution in [0.5, 0.6) is 0 Å². The van der Waals surface area contributed by atoms with Crippen LogP contribution in [0.15, 0.2) is 16.6 Å². The van der Waals surface area contributed by atoms with Gasteiger partial charge >= 0.3 is 0 Å². The van der Waals surface area contributed by atoms with Crippen LogP contribution in [0.3, 0.4) is 0 Å². The third-order valence-corrected chi connectivity index (χ3v) is 3.18. The monoisotopic (exact) mass is 229 g/mol. The van der Waals surface area contributed by atoms with Crippen LogP contribution in [0.25, 0.3) is 0 Å². The van der Waals surface area contributed by atoms with Crippen molar-refractivity contribution in [3.05, 3.63) is 33.3 Å². The molecular weight excluding hydrogens is 218 g/mol. The van der Waals surface area contributed by atoms with E-state index in [1.807, 2.05) is 26.0 Å². The molecule has 0 fully saturated rings. The van der Waals surface area contributed by atoms with Crippen molar-refractivity contribution >= 4 is 15.9 Å². The van der Waals surface area contributed by atoms with Crippen LogP contribution in [-0.4, -0.2) is 5.21 Å². The standard InChI is InChI=1S/C9H12BrNO/c1-6-3-4-8(5-11-12)7(2)9(6)10/h3-4,11-12H,5H2,1-2H3. The third-order valence-electron chi connectivity index (χ3n) is 1.96. The minimum Gasteiger partial charge on any atom is -0.316 e. The van der Waals surface area contributed by atoms with Gasteiger partial charge in [-0.2, -0.15) is 0 Å². The van der Waals surface area contributed by atoms with Gasteiger partial charge in [-0.3, -0.25) is 0 Å². The van der Waals surface area contributed by atoms with E-state index in [2.05, 4.69) is 21.4 Å². The maximum Gasteiger partial charge on any atom is 0.0461 e. The second-order valence-electron chi connectivity index (χ2n) is 2.82. The molecule has 12 heavy (non-hydrogen) atoms. The highest BCUT2D eigenvalue weighted by atomic mass is 79.9. The molecule has 0 atom stereocenters. The normalized spacial score (nSPS) is 10.3. The van der Waals surface area contributed by atoms with Gasteiger partial charge in [-0.25, -0.2) is 5.48 Å². The molecule has 0 spiro atoms. The van der Waals surface area contributed by atoms with Gasteiger partial charge in [0.2, 0.25) is 0 Å². The molecule has 0 bridgehead atoms. The minimum absolute atomic E-state index is 0.491. The van der Waals surface area contributed by atoms with Gasteiger partial charge < -0.3 is 5.21 Å². The summed E-state index contributed by atoms with van der Waals surface area (Å²) in [5.74, 6) is 0. The van der Waals surface area contributed by atoms with Crippen molar-refractivity contribution < 1.29 is 5.21 Å². The molecule has 1 aromatic rings. The average molecular weight is 230 g/mol. The molecule has 0 heterocycles. The summed E-state index contributed by atoms with van der Waals surface area (Å²) in [5.41, 5.74) is 5.65. The molecule has 0 aliphatic rings. The smallest absolute Gasteiger partial charge is 0.0461 e. The first-order valence-electron chi connectivity index (χ1n) is 3.78. The number of nitrogens with one attached hydrogen (secondary N) is 1. The fourth-order valence-corrected chi connectivity index (χ4v) is 1.52. The number of hydrogen-bond acceptors (Lipinski definition) is 2. The summed E-state index contributed by atoms with van der Waals surface area (Å²) >= 11 is 3.49. The molecule has 1 aromatic carbocycles. The molecule has 0 saturated heterocycles. The predicted octanol–water partition coefficient (Wildman–Crippen LogP) is 2.54. The molecule has 0 aliphatic carbocycles. The Morgan fingerprint density at radius 2 is 2.08 bits per heavy atom. The van der Waals surface area contributed by atoms with Crippen LogP contribution < -0.4 is 5.48 Å².